The lowest BCUT2D eigenvalue weighted by Gasteiger charge is -2.36. The van der Waals surface area contributed by atoms with E-state index in [9.17, 15) is 9.90 Å². The molecular formula is C17H21N5O2. The SMILES string of the molecule is N[C@@H](Cc1ccc(O)cc1)C(=O)N1CCN(c2cnccn2)CC1. The van der Waals surface area contributed by atoms with Gasteiger partial charge in [0.15, 0.2) is 0 Å². The molecule has 1 aromatic heterocycles. The lowest BCUT2D eigenvalue weighted by molar-refractivity contribution is -0.132. The van der Waals surface area contributed by atoms with E-state index in [1.54, 1.807) is 47.8 Å². The number of phenolic OH excluding ortho intramolecular Hbond substituents is 1. The van der Waals surface area contributed by atoms with Gasteiger partial charge in [-0.05, 0) is 24.1 Å². The van der Waals surface area contributed by atoms with Crippen LogP contribution in [0.3, 0.4) is 0 Å². The summed E-state index contributed by atoms with van der Waals surface area (Å²) < 4.78 is 0. The molecule has 1 aromatic carbocycles. The highest BCUT2D eigenvalue weighted by molar-refractivity contribution is 5.82. The maximum absolute atomic E-state index is 12.5. The summed E-state index contributed by atoms with van der Waals surface area (Å²) in [5.74, 6) is 0.999. The van der Waals surface area contributed by atoms with Crippen LogP contribution in [0.2, 0.25) is 0 Å². The zero-order valence-electron chi connectivity index (χ0n) is 13.4. The van der Waals surface area contributed by atoms with Gasteiger partial charge in [-0.15, -0.1) is 0 Å². The molecule has 0 bridgehead atoms. The van der Waals surface area contributed by atoms with Gasteiger partial charge >= 0.3 is 0 Å². The highest BCUT2D eigenvalue weighted by atomic mass is 16.3. The van der Waals surface area contributed by atoms with Gasteiger partial charge in [-0.2, -0.15) is 0 Å². The van der Waals surface area contributed by atoms with Gasteiger partial charge in [0.25, 0.3) is 0 Å². The summed E-state index contributed by atoms with van der Waals surface area (Å²) in [6.45, 7) is 2.68. The molecule has 3 rings (SSSR count). The number of benzene rings is 1. The molecule has 0 saturated carbocycles. The number of phenols is 1. The van der Waals surface area contributed by atoms with Crippen molar-refractivity contribution in [3.05, 3.63) is 48.4 Å². The standard InChI is InChI=1S/C17H21N5O2/c18-15(11-13-1-3-14(23)4-2-13)17(24)22-9-7-21(8-10-22)16-12-19-5-6-20-16/h1-6,12,15,23H,7-11,18H2/t15-/m0/s1. The van der Waals surface area contributed by atoms with Crippen molar-refractivity contribution < 1.29 is 9.90 Å². The van der Waals surface area contributed by atoms with E-state index in [-0.39, 0.29) is 11.7 Å². The Balaban J connectivity index is 1.53. The zero-order chi connectivity index (χ0) is 16.9. The molecule has 24 heavy (non-hydrogen) atoms. The summed E-state index contributed by atoms with van der Waals surface area (Å²) in [7, 11) is 0. The Kier molecular flexibility index (Phi) is 4.90. The summed E-state index contributed by atoms with van der Waals surface area (Å²) in [4.78, 5) is 24.8. The third-order valence-electron chi connectivity index (χ3n) is 4.17. The van der Waals surface area contributed by atoms with Crippen LogP contribution in [0, 0.1) is 0 Å². The molecule has 1 atom stereocenters. The van der Waals surface area contributed by atoms with Crippen LogP contribution in [0.4, 0.5) is 5.82 Å². The smallest absolute Gasteiger partial charge is 0.239 e. The average molecular weight is 327 g/mol. The number of nitrogens with zero attached hydrogens (tertiary/aromatic N) is 4. The average Bonchev–Trinajstić information content (AvgIpc) is 2.64. The van der Waals surface area contributed by atoms with Gasteiger partial charge in [0.1, 0.15) is 11.6 Å². The van der Waals surface area contributed by atoms with Crippen molar-refractivity contribution in [3.63, 3.8) is 0 Å². The second-order valence-corrected chi connectivity index (χ2v) is 5.85. The first-order chi connectivity index (χ1) is 11.6. The molecule has 0 aliphatic carbocycles. The van der Waals surface area contributed by atoms with Crippen molar-refractivity contribution in [1.82, 2.24) is 14.9 Å². The largest absolute Gasteiger partial charge is 0.508 e. The van der Waals surface area contributed by atoms with Crippen molar-refractivity contribution in [1.29, 1.82) is 0 Å². The summed E-state index contributed by atoms with van der Waals surface area (Å²) in [6.07, 6.45) is 5.50. The number of piperazine rings is 1. The first-order valence-corrected chi connectivity index (χ1v) is 7.97. The molecule has 1 aliphatic rings. The van der Waals surface area contributed by atoms with Crippen molar-refractivity contribution in [2.24, 2.45) is 5.73 Å². The molecule has 126 valence electrons. The Morgan fingerprint density at radius 3 is 2.50 bits per heavy atom. The van der Waals surface area contributed by atoms with Crippen LogP contribution in [-0.4, -0.2) is 58.1 Å². The second-order valence-electron chi connectivity index (χ2n) is 5.85. The van der Waals surface area contributed by atoms with E-state index >= 15 is 0 Å². The maximum Gasteiger partial charge on any atom is 0.239 e. The number of hydrogen-bond donors (Lipinski definition) is 2. The van der Waals surface area contributed by atoms with E-state index in [0.29, 0.717) is 19.5 Å². The van der Waals surface area contributed by atoms with Crippen LogP contribution in [-0.2, 0) is 11.2 Å². The molecule has 1 aliphatic heterocycles. The number of carbonyl (C=O) groups excluding carboxylic acids is 1. The Morgan fingerprint density at radius 1 is 1.17 bits per heavy atom. The van der Waals surface area contributed by atoms with Crippen molar-refractivity contribution >= 4 is 11.7 Å². The number of hydrogen-bond acceptors (Lipinski definition) is 6. The summed E-state index contributed by atoms with van der Waals surface area (Å²) in [5, 5.41) is 9.30. The highest BCUT2D eigenvalue weighted by Gasteiger charge is 2.25. The zero-order valence-corrected chi connectivity index (χ0v) is 13.4. The molecule has 2 aromatic rings. The Hall–Kier alpha value is -2.67. The molecule has 3 N–H and O–H groups in total. The highest BCUT2D eigenvalue weighted by Crippen LogP contribution is 2.14. The fraction of sp³-hybridized carbons (Fsp3) is 0.353. The molecule has 0 spiro atoms. The van der Waals surface area contributed by atoms with Gasteiger partial charge < -0.3 is 20.6 Å². The quantitative estimate of drug-likeness (QED) is 0.844. The molecular weight excluding hydrogens is 306 g/mol. The first-order valence-electron chi connectivity index (χ1n) is 7.97. The van der Waals surface area contributed by atoms with Crippen molar-refractivity contribution in [2.75, 3.05) is 31.1 Å². The monoisotopic (exact) mass is 327 g/mol. The molecule has 1 amide bonds. The Bertz CT molecular complexity index is 669. The number of rotatable bonds is 4. The predicted molar refractivity (Wildman–Crippen MR) is 90.6 cm³/mol. The third kappa shape index (κ3) is 3.80. The Morgan fingerprint density at radius 2 is 1.88 bits per heavy atom. The van der Waals surface area contributed by atoms with Gasteiger partial charge in [-0.3, -0.25) is 9.78 Å². The minimum atomic E-state index is -0.572. The molecule has 1 fully saturated rings. The number of amides is 1. The third-order valence-corrected chi connectivity index (χ3v) is 4.17. The number of carbonyl (C=O) groups is 1. The molecule has 1 saturated heterocycles. The van der Waals surface area contributed by atoms with Crippen molar-refractivity contribution in [3.8, 4) is 5.75 Å². The summed E-state index contributed by atoms with van der Waals surface area (Å²) >= 11 is 0. The van der Waals surface area contributed by atoms with Crippen LogP contribution in [0.25, 0.3) is 0 Å². The Labute approximate surface area is 140 Å². The normalized spacial score (nSPS) is 16.0. The fourth-order valence-electron chi connectivity index (χ4n) is 2.82. The van der Waals surface area contributed by atoms with E-state index in [4.69, 9.17) is 5.73 Å². The number of anilines is 1. The van der Waals surface area contributed by atoms with Crippen LogP contribution >= 0.6 is 0 Å². The van der Waals surface area contributed by atoms with E-state index in [0.717, 1.165) is 24.5 Å². The maximum atomic E-state index is 12.5. The summed E-state index contributed by atoms with van der Waals surface area (Å²) in [5.41, 5.74) is 7.01. The molecule has 7 nitrogen and oxygen atoms in total. The minimum absolute atomic E-state index is 0.0399. The summed E-state index contributed by atoms with van der Waals surface area (Å²) in [6, 6.07) is 6.21. The van der Waals surface area contributed by atoms with Gasteiger partial charge in [0, 0.05) is 38.6 Å². The van der Waals surface area contributed by atoms with Crippen LogP contribution in [0.5, 0.6) is 5.75 Å². The van der Waals surface area contributed by atoms with E-state index in [1.807, 2.05) is 0 Å². The van der Waals surface area contributed by atoms with Gasteiger partial charge in [-0.1, -0.05) is 12.1 Å². The number of aromatic nitrogens is 2. The van der Waals surface area contributed by atoms with Gasteiger partial charge in [0.2, 0.25) is 5.91 Å². The van der Waals surface area contributed by atoms with Crippen LogP contribution in [0.15, 0.2) is 42.9 Å². The minimum Gasteiger partial charge on any atom is -0.508 e. The van der Waals surface area contributed by atoms with E-state index < -0.39 is 6.04 Å². The van der Waals surface area contributed by atoms with Gasteiger partial charge in [0.05, 0.1) is 12.2 Å². The van der Waals surface area contributed by atoms with Crippen LogP contribution in [0.1, 0.15) is 5.56 Å². The first kappa shape index (κ1) is 16.2. The van der Waals surface area contributed by atoms with E-state index in [1.165, 1.54) is 0 Å². The molecule has 0 radical (unpaired) electrons. The second kappa shape index (κ2) is 7.27. The molecule has 0 unspecified atom stereocenters. The van der Waals surface area contributed by atoms with Crippen LogP contribution < -0.4 is 10.6 Å². The molecule has 7 heteroatoms. The molecule has 2 heterocycles. The number of aromatic hydroxyl groups is 1. The lowest BCUT2D eigenvalue weighted by Crippen LogP contribution is -2.53. The van der Waals surface area contributed by atoms with E-state index in [2.05, 4.69) is 14.9 Å². The fourth-order valence-corrected chi connectivity index (χ4v) is 2.82. The predicted octanol–water partition coefficient (Wildman–Crippen LogP) is 0.401. The lowest BCUT2D eigenvalue weighted by atomic mass is 10.0. The topological polar surface area (TPSA) is 95.6 Å². The van der Waals surface area contributed by atoms with Gasteiger partial charge in [-0.25, -0.2) is 4.98 Å². The number of nitrogens with two attached hydrogens (primary N) is 1. The van der Waals surface area contributed by atoms with Crippen molar-refractivity contribution in [2.45, 2.75) is 12.5 Å².